The zero-order chi connectivity index (χ0) is 42.2. The molecule has 0 amide bonds. The summed E-state index contributed by atoms with van der Waals surface area (Å²) in [4.78, 5) is 20.6. The molecule has 2 unspecified atom stereocenters. The van der Waals surface area contributed by atoms with Gasteiger partial charge in [0.1, 0.15) is 11.6 Å². The number of para-hydroxylation sites is 2. The van der Waals surface area contributed by atoms with Crippen molar-refractivity contribution in [3.63, 3.8) is 0 Å². The van der Waals surface area contributed by atoms with Gasteiger partial charge in [-0.3, -0.25) is 9.36 Å². The second kappa shape index (κ2) is 16.6. The Balaban J connectivity index is 0.000000156. The molecular formula is C47H50N12O2. The van der Waals surface area contributed by atoms with Crippen LogP contribution in [0.2, 0.25) is 0 Å². The van der Waals surface area contributed by atoms with E-state index in [0.29, 0.717) is 11.6 Å². The molecule has 10 rings (SSSR count). The van der Waals surface area contributed by atoms with Crippen molar-refractivity contribution in [3.05, 3.63) is 155 Å². The van der Waals surface area contributed by atoms with Crippen molar-refractivity contribution in [3.8, 4) is 34.2 Å². The van der Waals surface area contributed by atoms with Crippen molar-refractivity contribution in [2.45, 2.75) is 64.8 Å². The first-order valence-electron chi connectivity index (χ1n) is 20.6. The van der Waals surface area contributed by atoms with Crippen LogP contribution in [-0.2, 0) is 40.2 Å². The summed E-state index contributed by atoms with van der Waals surface area (Å²) < 4.78 is 7.59. The number of rotatable bonds is 8. The van der Waals surface area contributed by atoms with Crippen LogP contribution in [0.5, 0.6) is 0 Å². The van der Waals surface area contributed by atoms with Gasteiger partial charge >= 0.3 is 0 Å². The van der Waals surface area contributed by atoms with E-state index in [2.05, 4.69) is 80.9 Å². The summed E-state index contributed by atoms with van der Waals surface area (Å²) in [5, 5.41) is 32.9. The van der Waals surface area contributed by atoms with Gasteiger partial charge < -0.3 is 29.6 Å². The Hall–Kier alpha value is -6.90. The average molecular weight is 815 g/mol. The fourth-order valence-electron chi connectivity index (χ4n) is 8.60. The Morgan fingerprint density at radius 1 is 0.623 bits per heavy atom. The minimum Gasteiger partial charge on any atom is -0.392 e. The van der Waals surface area contributed by atoms with Gasteiger partial charge in [0.25, 0.3) is 0 Å². The monoisotopic (exact) mass is 814 g/mol. The van der Waals surface area contributed by atoms with Crippen molar-refractivity contribution in [2.24, 2.45) is 14.1 Å². The Kier molecular flexibility index (Phi) is 10.8. The Morgan fingerprint density at radius 3 is 1.75 bits per heavy atom. The third-order valence-corrected chi connectivity index (χ3v) is 11.8. The molecule has 310 valence electrons. The van der Waals surface area contributed by atoms with E-state index in [-0.39, 0.29) is 25.3 Å². The largest absolute Gasteiger partial charge is 0.392 e. The maximum atomic E-state index is 9.96. The number of hydrogen-bond donors (Lipinski definition) is 3. The molecule has 0 aliphatic carbocycles. The molecule has 0 spiro atoms. The molecule has 4 aromatic carbocycles. The molecule has 2 atom stereocenters. The molecule has 0 saturated carbocycles. The molecule has 14 nitrogen and oxygen atoms in total. The Labute approximate surface area is 354 Å². The molecule has 0 saturated heterocycles. The summed E-state index contributed by atoms with van der Waals surface area (Å²) in [5.74, 6) is 3.20. The van der Waals surface area contributed by atoms with Crippen LogP contribution in [0.3, 0.4) is 0 Å². The van der Waals surface area contributed by atoms with Gasteiger partial charge in [0.05, 0.1) is 60.7 Å². The third-order valence-electron chi connectivity index (χ3n) is 11.8. The number of anilines is 2. The predicted octanol–water partition coefficient (Wildman–Crippen LogP) is 7.16. The molecule has 14 heteroatoms. The van der Waals surface area contributed by atoms with Crippen LogP contribution in [0, 0.1) is 13.8 Å². The molecular weight excluding hydrogens is 765 g/mol. The molecule has 4 aromatic heterocycles. The van der Waals surface area contributed by atoms with E-state index in [0.717, 1.165) is 82.3 Å². The van der Waals surface area contributed by atoms with Crippen molar-refractivity contribution in [1.82, 2.24) is 48.6 Å². The van der Waals surface area contributed by atoms with Gasteiger partial charge in [-0.25, -0.2) is 19.9 Å². The van der Waals surface area contributed by atoms with Gasteiger partial charge in [-0.1, -0.05) is 36.4 Å². The summed E-state index contributed by atoms with van der Waals surface area (Å²) in [7, 11) is 6.02. The minimum atomic E-state index is -0.0684. The molecule has 0 bridgehead atoms. The molecule has 2 aliphatic rings. The number of aromatic nitrogens is 10. The van der Waals surface area contributed by atoms with E-state index in [1.165, 1.54) is 22.5 Å². The summed E-state index contributed by atoms with van der Waals surface area (Å²) in [6, 6.07) is 29.1. The number of benzene rings is 4. The second-order valence-electron chi connectivity index (χ2n) is 15.9. The number of aliphatic hydroxyl groups is 2. The van der Waals surface area contributed by atoms with Gasteiger partial charge in [-0.05, 0) is 99.2 Å². The first-order chi connectivity index (χ1) is 29.7. The Bertz CT molecular complexity index is 2830. The van der Waals surface area contributed by atoms with Crippen LogP contribution < -0.4 is 10.2 Å². The number of imidazole rings is 2. The highest BCUT2D eigenvalue weighted by atomic mass is 16.3. The normalized spacial score (nSPS) is 15.8. The van der Waals surface area contributed by atoms with Gasteiger partial charge in [-0.15, -0.1) is 0 Å². The zero-order valence-corrected chi connectivity index (χ0v) is 35.1. The SMILES string of the molecule is Cc1cn(-c2ccc(-c3nc(C4CCc5ccccc5N4)n(C)n3)cc2CO)cn1.Cc1cn(-c2ccc(-c3nc(C4CCc5ccccc5N4C)n(C)n3)cc2CO)cn1. The highest BCUT2D eigenvalue weighted by molar-refractivity contribution is 5.63. The summed E-state index contributed by atoms with van der Waals surface area (Å²) >= 11 is 0. The van der Waals surface area contributed by atoms with E-state index in [1.807, 2.05) is 95.2 Å². The number of nitrogens with one attached hydrogen (secondary N) is 1. The number of aryl methyl sites for hydroxylation is 6. The summed E-state index contributed by atoms with van der Waals surface area (Å²) in [5.41, 5.74) is 12.2. The highest BCUT2D eigenvalue weighted by Gasteiger charge is 2.29. The standard InChI is InChI=1S/C24H26N6O.C23H24N6O/c1-16-13-30(15-25-16)21-10-9-18(12-19(21)14-31)23-26-24(29(3)27-23)22-11-8-17-6-4-5-7-20(17)28(22)2;1-15-12-29(14-24-15)21-10-8-17(11-18(21)13-30)22-26-23(28(2)27-22)20-9-7-16-5-3-4-6-19(16)25-20/h4-7,9-10,12-13,15,22,31H,8,11,14H2,1-3H3;3-6,8,10-12,14,20,25,30H,7,9,13H2,1-2H3. The predicted molar refractivity (Wildman–Crippen MR) is 235 cm³/mol. The van der Waals surface area contributed by atoms with Gasteiger partial charge in [0.2, 0.25) is 0 Å². The van der Waals surface area contributed by atoms with Crippen LogP contribution in [0.1, 0.15) is 70.2 Å². The van der Waals surface area contributed by atoms with E-state index in [9.17, 15) is 10.2 Å². The topological polar surface area (TPSA) is 153 Å². The van der Waals surface area contributed by atoms with E-state index < -0.39 is 0 Å². The van der Waals surface area contributed by atoms with Crippen molar-refractivity contribution in [1.29, 1.82) is 0 Å². The van der Waals surface area contributed by atoms with Gasteiger partial charge in [-0.2, -0.15) is 10.2 Å². The molecule has 8 aromatic rings. The van der Waals surface area contributed by atoms with Gasteiger partial charge in [0.15, 0.2) is 11.6 Å². The van der Waals surface area contributed by atoms with E-state index in [1.54, 1.807) is 12.7 Å². The Morgan fingerprint density at radius 2 is 1.16 bits per heavy atom. The molecule has 6 heterocycles. The lowest BCUT2D eigenvalue weighted by Gasteiger charge is -2.35. The number of nitrogens with zero attached hydrogens (tertiary/aromatic N) is 11. The van der Waals surface area contributed by atoms with Crippen LogP contribution in [0.15, 0.2) is 110 Å². The van der Waals surface area contributed by atoms with Crippen molar-refractivity contribution >= 4 is 11.4 Å². The number of hydrogen-bond acceptors (Lipinski definition) is 10. The first-order valence-corrected chi connectivity index (χ1v) is 20.6. The van der Waals surface area contributed by atoms with Crippen LogP contribution in [0.4, 0.5) is 11.4 Å². The molecule has 2 aliphatic heterocycles. The lowest BCUT2D eigenvalue weighted by Crippen LogP contribution is -2.31. The van der Waals surface area contributed by atoms with E-state index >= 15 is 0 Å². The number of aliphatic hydroxyl groups excluding tert-OH is 2. The van der Waals surface area contributed by atoms with Crippen LogP contribution >= 0.6 is 0 Å². The minimum absolute atomic E-state index is 0.0672. The fourth-order valence-corrected chi connectivity index (χ4v) is 8.60. The molecule has 0 fully saturated rings. The summed E-state index contributed by atoms with van der Waals surface area (Å²) in [6.07, 6.45) is 11.4. The van der Waals surface area contributed by atoms with Crippen LogP contribution in [-0.4, -0.2) is 65.9 Å². The zero-order valence-electron chi connectivity index (χ0n) is 35.1. The fraction of sp³-hybridized carbons (Fsp3) is 0.277. The maximum Gasteiger partial charge on any atom is 0.181 e. The average Bonchev–Trinajstić information content (AvgIpc) is 4.11. The lowest BCUT2D eigenvalue weighted by molar-refractivity contribution is 0.281. The molecule has 61 heavy (non-hydrogen) atoms. The third kappa shape index (κ3) is 7.83. The lowest BCUT2D eigenvalue weighted by atomic mass is 9.96. The van der Waals surface area contributed by atoms with E-state index in [4.69, 9.17) is 15.1 Å². The van der Waals surface area contributed by atoms with Crippen molar-refractivity contribution < 1.29 is 10.2 Å². The maximum absolute atomic E-state index is 9.96. The molecule has 0 radical (unpaired) electrons. The molecule has 3 N–H and O–H groups in total. The quantitative estimate of drug-likeness (QED) is 0.144. The van der Waals surface area contributed by atoms with Gasteiger partial charge in [0, 0.05) is 67.2 Å². The summed E-state index contributed by atoms with van der Waals surface area (Å²) in [6.45, 7) is 3.76. The first kappa shape index (κ1) is 39.6. The van der Waals surface area contributed by atoms with Crippen molar-refractivity contribution in [2.75, 3.05) is 17.3 Å². The van der Waals surface area contributed by atoms with Crippen LogP contribution in [0.25, 0.3) is 34.2 Å². The second-order valence-corrected chi connectivity index (χ2v) is 15.9. The highest BCUT2D eigenvalue weighted by Crippen LogP contribution is 2.37. The smallest absolute Gasteiger partial charge is 0.181 e. The number of fused-ring (bicyclic) bond motifs is 2.